The number of sulfone groups is 1. The van der Waals surface area contributed by atoms with Crippen molar-refractivity contribution in [2.45, 2.75) is 46.1 Å². The van der Waals surface area contributed by atoms with Crippen LogP contribution < -0.4 is 5.32 Å². The molecule has 0 aromatic carbocycles. The maximum absolute atomic E-state index is 11.3. The molecule has 0 aromatic rings. The van der Waals surface area contributed by atoms with Crippen LogP contribution in [0, 0.1) is 0 Å². The fourth-order valence-corrected chi connectivity index (χ4v) is 2.40. The normalized spacial score (nSPS) is 14.2. The van der Waals surface area contributed by atoms with E-state index in [0.717, 1.165) is 13.0 Å². The van der Waals surface area contributed by atoms with E-state index in [1.807, 2.05) is 6.92 Å². The summed E-state index contributed by atoms with van der Waals surface area (Å²) in [6, 6.07) is 0.0804. The SMILES string of the molecule is CCCCCNC(C)CS(=O)(=O)CC. The molecule has 0 bridgehead atoms. The molecule has 0 rings (SSSR count). The smallest absolute Gasteiger partial charge is 0.151 e. The molecule has 0 radical (unpaired) electrons. The predicted molar refractivity (Wildman–Crippen MR) is 61.3 cm³/mol. The lowest BCUT2D eigenvalue weighted by Crippen LogP contribution is -2.34. The largest absolute Gasteiger partial charge is 0.313 e. The third kappa shape index (κ3) is 7.33. The maximum Gasteiger partial charge on any atom is 0.151 e. The molecule has 1 unspecified atom stereocenters. The Hall–Kier alpha value is -0.0900. The standard InChI is InChI=1S/C10H23NO2S/c1-4-6-7-8-11-10(3)9-14(12,13)5-2/h10-11H,4-9H2,1-3H3. The Labute approximate surface area is 88.2 Å². The van der Waals surface area contributed by atoms with E-state index in [2.05, 4.69) is 12.2 Å². The van der Waals surface area contributed by atoms with E-state index in [9.17, 15) is 8.42 Å². The highest BCUT2D eigenvalue weighted by Gasteiger charge is 2.12. The van der Waals surface area contributed by atoms with Crippen LogP contribution in [0.2, 0.25) is 0 Å². The molecule has 0 heterocycles. The van der Waals surface area contributed by atoms with Gasteiger partial charge < -0.3 is 5.32 Å². The zero-order valence-corrected chi connectivity index (χ0v) is 10.4. The third-order valence-electron chi connectivity index (χ3n) is 2.22. The quantitative estimate of drug-likeness (QED) is 0.633. The lowest BCUT2D eigenvalue weighted by Gasteiger charge is -2.12. The van der Waals surface area contributed by atoms with Gasteiger partial charge in [-0.05, 0) is 19.9 Å². The van der Waals surface area contributed by atoms with Crippen LogP contribution in [0.4, 0.5) is 0 Å². The van der Waals surface area contributed by atoms with Crippen molar-refractivity contribution in [3.63, 3.8) is 0 Å². The number of unbranched alkanes of at least 4 members (excludes halogenated alkanes) is 2. The van der Waals surface area contributed by atoms with Crippen LogP contribution in [0.5, 0.6) is 0 Å². The molecule has 0 spiro atoms. The molecule has 0 amide bonds. The van der Waals surface area contributed by atoms with Gasteiger partial charge in [-0.3, -0.25) is 0 Å². The Morgan fingerprint density at radius 3 is 2.36 bits per heavy atom. The number of nitrogens with one attached hydrogen (secondary N) is 1. The zero-order chi connectivity index (χ0) is 11.0. The second kappa shape index (κ2) is 7.23. The predicted octanol–water partition coefficient (Wildman–Crippen LogP) is 1.59. The van der Waals surface area contributed by atoms with Crippen molar-refractivity contribution in [3.8, 4) is 0 Å². The summed E-state index contributed by atoms with van der Waals surface area (Å²) in [5, 5.41) is 3.23. The highest BCUT2D eigenvalue weighted by molar-refractivity contribution is 7.91. The van der Waals surface area contributed by atoms with Gasteiger partial charge in [-0.25, -0.2) is 8.42 Å². The Kier molecular flexibility index (Phi) is 7.19. The first-order valence-electron chi connectivity index (χ1n) is 5.45. The summed E-state index contributed by atoms with van der Waals surface area (Å²) < 4.78 is 22.5. The average Bonchev–Trinajstić information content (AvgIpc) is 2.12. The van der Waals surface area contributed by atoms with Crippen molar-refractivity contribution in [1.82, 2.24) is 5.32 Å². The van der Waals surface area contributed by atoms with E-state index in [0.29, 0.717) is 0 Å². The summed E-state index contributed by atoms with van der Waals surface area (Å²) in [5.41, 5.74) is 0. The van der Waals surface area contributed by atoms with Crippen LogP contribution in [-0.2, 0) is 9.84 Å². The van der Waals surface area contributed by atoms with Gasteiger partial charge in [-0.1, -0.05) is 26.7 Å². The molecule has 0 aliphatic rings. The Morgan fingerprint density at radius 2 is 1.86 bits per heavy atom. The first kappa shape index (κ1) is 13.9. The summed E-state index contributed by atoms with van der Waals surface area (Å²) in [6.45, 7) is 6.71. The molecule has 4 heteroatoms. The van der Waals surface area contributed by atoms with Crippen molar-refractivity contribution < 1.29 is 8.42 Å². The van der Waals surface area contributed by atoms with Crippen molar-refractivity contribution >= 4 is 9.84 Å². The monoisotopic (exact) mass is 221 g/mol. The van der Waals surface area contributed by atoms with Gasteiger partial charge in [0.1, 0.15) is 0 Å². The lowest BCUT2D eigenvalue weighted by atomic mass is 10.2. The highest BCUT2D eigenvalue weighted by atomic mass is 32.2. The minimum atomic E-state index is -2.82. The van der Waals surface area contributed by atoms with E-state index in [1.165, 1.54) is 12.8 Å². The number of hydrogen-bond acceptors (Lipinski definition) is 3. The summed E-state index contributed by atoms with van der Waals surface area (Å²) in [7, 11) is -2.82. The molecule has 1 atom stereocenters. The molecule has 14 heavy (non-hydrogen) atoms. The van der Waals surface area contributed by atoms with Crippen molar-refractivity contribution in [1.29, 1.82) is 0 Å². The van der Waals surface area contributed by atoms with Gasteiger partial charge >= 0.3 is 0 Å². The average molecular weight is 221 g/mol. The fourth-order valence-electron chi connectivity index (χ4n) is 1.28. The van der Waals surface area contributed by atoms with Crippen LogP contribution in [0.3, 0.4) is 0 Å². The lowest BCUT2D eigenvalue weighted by molar-refractivity contribution is 0.540. The van der Waals surface area contributed by atoms with Crippen molar-refractivity contribution in [2.24, 2.45) is 0 Å². The summed E-state index contributed by atoms with van der Waals surface area (Å²) >= 11 is 0. The van der Waals surface area contributed by atoms with Crippen LogP contribution in [0.1, 0.15) is 40.0 Å². The second-order valence-electron chi connectivity index (χ2n) is 3.76. The number of hydrogen-bond donors (Lipinski definition) is 1. The molecule has 0 saturated heterocycles. The topological polar surface area (TPSA) is 46.2 Å². The third-order valence-corrected chi connectivity index (χ3v) is 4.10. The van der Waals surface area contributed by atoms with Crippen LogP contribution in [-0.4, -0.2) is 32.5 Å². The molecule has 0 fully saturated rings. The highest BCUT2D eigenvalue weighted by Crippen LogP contribution is 1.96. The van der Waals surface area contributed by atoms with Gasteiger partial charge in [0.2, 0.25) is 0 Å². The Morgan fingerprint density at radius 1 is 1.21 bits per heavy atom. The molecule has 86 valence electrons. The number of rotatable bonds is 8. The van der Waals surface area contributed by atoms with Gasteiger partial charge in [0.15, 0.2) is 9.84 Å². The summed E-state index contributed by atoms with van der Waals surface area (Å²) in [5.74, 6) is 0.504. The minimum Gasteiger partial charge on any atom is -0.313 e. The summed E-state index contributed by atoms with van der Waals surface area (Å²) in [4.78, 5) is 0. The zero-order valence-electron chi connectivity index (χ0n) is 9.54. The Bertz CT molecular complexity index is 224. The molecule has 0 aliphatic carbocycles. The van der Waals surface area contributed by atoms with E-state index < -0.39 is 9.84 Å². The van der Waals surface area contributed by atoms with Crippen molar-refractivity contribution in [3.05, 3.63) is 0 Å². The fraction of sp³-hybridized carbons (Fsp3) is 1.00. The van der Waals surface area contributed by atoms with Gasteiger partial charge in [-0.15, -0.1) is 0 Å². The molecular formula is C10H23NO2S. The van der Waals surface area contributed by atoms with E-state index in [-0.39, 0.29) is 17.5 Å². The van der Waals surface area contributed by atoms with E-state index >= 15 is 0 Å². The van der Waals surface area contributed by atoms with Gasteiger partial charge in [0.25, 0.3) is 0 Å². The Balaban J connectivity index is 3.60. The molecular weight excluding hydrogens is 198 g/mol. The maximum atomic E-state index is 11.3. The van der Waals surface area contributed by atoms with Gasteiger partial charge in [0.05, 0.1) is 5.75 Å². The first-order chi connectivity index (χ1) is 6.52. The van der Waals surface area contributed by atoms with Crippen molar-refractivity contribution in [2.75, 3.05) is 18.1 Å². The van der Waals surface area contributed by atoms with Crippen LogP contribution in [0.15, 0.2) is 0 Å². The van der Waals surface area contributed by atoms with Crippen LogP contribution in [0.25, 0.3) is 0 Å². The second-order valence-corrected chi connectivity index (χ2v) is 6.16. The van der Waals surface area contributed by atoms with Gasteiger partial charge in [-0.2, -0.15) is 0 Å². The molecule has 1 N–H and O–H groups in total. The van der Waals surface area contributed by atoms with Gasteiger partial charge in [0, 0.05) is 11.8 Å². The van der Waals surface area contributed by atoms with E-state index in [4.69, 9.17) is 0 Å². The van der Waals surface area contributed by atoms with Crippen LogP contribution >= 0.6 is 0 Å². The van der Waals surface area contributed by atoms with E-state index in [1.54, 1.807) is 6.92 Å². The minimum absolute atomic E-state index is 0.0804. The summed E-state index contributed by atoms with van der Waals surface area (Å²) in [6.07, 6.45) is 3.54. The first-order valence-corrected chi connectivity index (χ1v) is 7.27. The molecule has 0 aromatic heterocycles. The molecule has 0 aliphatic heterocycles. The molecule has 0 saturated carbocycles. The molecule has 3 nitrogen and oxygen atoms in total.